The molecule has 0 spiro atoms. The zero-order chi connectivity index (χ0) is 37.2. The van der Waals surface area contributed by atoms with Crippen LogP contribution >= 0.6 is 0 Å². The Morgan fingerprint density at radius 3 is 1.24 bits per heavy atom. The SMILES string of the molecule is FC(F)(F)c1c[c-]c2c(c1)B(c1cccc3ccccc13)c1cccnc1-2.FC(F)(F)c1c[c-]c2c(c1)B(c1cccc3ccccc13)c1cccnc1-2.[Pt+2]. The maximum Gasteiger partial charge on any atom is 2.00 e. The van der Waals surface area contributed by atoms with Crippen LogP contribution in [0.2, 0.25) is 0 Å². The van der Waals surface area contributed by atoms with E-state index in [1.807, 2.05) is 109 Å². The van der Waals surface area contributed by atoms with Crippen molar-refractivity contribution in [3.63, 3.8) is 0 Å². The monoisotopic (exact) mass is 911 g/mol. The molecule has 2 aliphatic rings. The molecule has 0 atom stereocenters. The van der Waals surface area contributed by atoms with Crippen LogP contribution in [0.3, 0.4) is 0 Å². The Labute approximate surface area is 327 Å². The Bertz CT molecular complexity index is 2550. The Hall–Kier alpha value is -5.46. The van der Waals surface area contributed by atoms with Gasteiger partial charge in [0.05, 0.1) is 0 Å². The topological polar surface area (TPSA) is 25.8 Å². The summed E-state index contributed by atoms with van der Waals surface area (Å²) in [5.74, 6) is 0. The van der Waals surface area contributed by atoms with Crippen LogP contribution in [0.15, 0.2) is 146 Å². The molecule has 4 heterocycles. The number of aromatic nitrogens is 2. The molecule has 11 heteroatoms. The van der Waals surface area contributed by atoms with Crippen LogP contribution in [0.4, 0.5) is 26.3 Å². The standard InChI is InChI=1S/2C22H12BF3N.Pt/c2*24-22(25,26)15-10-11-17-20(13-15)23(19-9-4-12-27-21(17)19)18-8-3-6-14-5-1-2-7-16(14)18;/h2*1-10,12-13H;/q2*-1;+2. The van der Waals surface area contributed by atoms with Crippen molar-refractivity contribution in [2.75, 3.05) is 0 Å². The van der Waals surface area contributed by atoms with E-state index in [0.29, 0.717) is 33.4 Å². The van der Waals surface area contributed by atoms with E-state index in [-0.39, 0.29) is 34.5 Å². The molecule has 2 aliphatic heterocycles. The van der Waals surface area contributed by atoms with E-state index in [2.05, 4.69) is 22.1 Å². The number of nitrogens with zero attached hydrogens (tertiary/aromatic N) is 2. The molecule has 55 heavy (non-hydrogen) atoms. The van der Waals surface area contributed by atoms with Crippen molar-refractivity contribution in [2.24, 2.45) is 0 Å². The van der Waals surface area contributed by atoms with Gasteiger partial charge in [0.2, 0.25) is 0 Å². The summed E-state index contributed by atoms with van der Waals surface area (Å²) in [6.07, 6.45) is -5.48. The molecule has 0 saturated heterocycles. The first kappa shape index (κ1) is 36.5. The normalized spacial score (nSPS) is 12.7. The second-order valence-electron chi connectivity index (χ2n) is 13.3. The summed E-state index contributed by atoms with van der Waals surface area (Å²) in [6, 6.07) is 45.5. The molecule has 2 aromatic heterocycles. The van der Waals surface area contributed by atoms with E-state index in [9.17, 15) is 26.3 Å². The average molecular weight is 911 g/mol. The fourth-order valence-electron chi connectivity index (χ4n) is 7.95. The van der Waals surface area contributed by atoms with Crippen LogP contribution in [-0.2, 0) is 33.4 Å². The summed E-state index contributed by atoms with van der Waals surface area (Å²) in [4.78, 5) is 8.87. The van der Waals surface area contributed by atoms with Crippen molar-refractivity contribution in [2.45, 2.75) is 12.4 Å². The summed E-state index contributed by atoms with van der Waals surface area (Å²) in [5.41, 5.74) is 6.36. The minimum Gasteiger partial charge on any atom is -0.305 e. The molecular weight excluding hydrogens is 887 g/mol. The first-order valence-corrected chi connectivity index (χ1v) is 17.2. The first-order valence-electron chi connectivity index (χ1n) is 17.2. The summed E-state index contributed by atoms with van der Waals surface area (Å²) < 4.78 is 80.0. The molecule has 8 aromatic rings. The predicted molar refractivity (Wildman–Crippen MR) is 204 cm³/mol. The Morgan fingerprint density at radius 1 is 0.436 bits per heavy atom. The van der Waals surface area contributed by atoms with Crippen LogP contribution in [0.25, 0.3) is 44.1 Å². The van der Waals surface area contributed by atoms with E-state index < -0.39 is 23.5 Å². The number of hydrogen-bond acceptors (Lipinski definition) is 2. The van der Waals surface area contributed by atoms with Gasteiger partial charge in [-0.3, -0.25) is 0 Å². The molecule has 0 radical (unpaired) electrons. The zero-order valence-corrected chi connectivity index (χ0v) is 30.8. The third-order valence-electron chi connectivity index (χ3n) is 10.3. The molecular formula is C44H24B2F6N2Pt. The maximum atomic E-state index is 13.3. The molecule has 0 aliphatic carbocycles. The van der Waals surface area contributed by atoms with Crippen LogP contribution < -0.4 is 32.8 Å². The minimum absolute atomic E-state index is 0. The number of halogens is 6. The van der Waals surface area contributed by atoms with Gasteiger partial charge in [-0.05, 0) is 56.2 Å². The van der Waals surface area contributed by atoms with Gasteiger partial charge in [0.1, 0.15) is 0 Å². The fourth-order valence-corrected chi connectivity index (χ4v) is 7.95. The second kappa shape index (κ2) is 14.0. The van der Waals surface area contributed by atoms with Gasteiger partial charge < -0.3 is 9.97 Å². The smallest absolute Gasteiger partial charge is 0.305 e. The Balaban J connectivity index is 0.000000153. The van der Waals surface area contributed by atoms with Gasteiger partial charge in [0.25, 0.3) is 0 Å². The maximum absolute atomic E-state index is 13.3. The van der Waals surface area contributed by atoms with Crippen molar-refractivity contribution >= 4 is 67.7 Å². The van der Waals surface area contributed by atoms with Gasteiger partial charge >= 0.3 is 33.4 Å². The summed E-state index contributed by atoms with van der Waals surface area (Å²) in [7, 11) is 0. The summed E-state index contributed by atoms with van der Waals surface area (Å²) in [6.45, 7) is -0.596. The number of alkyl halides is 6. The number of benzene rings is 6. The molecule has 0 bridgehead atoms. The number of fused-ring (bicyclic) bond motifs is 8. The first-order chi connectivity index (χ1) is 26.1. The summed E-state index contributed by atoms with van der Waals surface area (Å²) in [5, 5.41) is 4.19. The van der Waals surface area contributed by atoms with Crippen molar-refractivity contribution < 1.29 is 47.4 Å². The van der Waals surface area contributed by atoms with Crippen LogP contribution in [-0.4, -0.2) is 23.4 Å². The van der Waals surface area contributed by atoms with Crippen LogP contribution in [0, 0.1) is 12.1 Å². The van der Waals surface area contributed by atoms with Crippen LogP contribution in [0.1, 0.15) is 11.1 Å². The van der Waals surface area contributed by atoms with E-state index >= 15 is 0 Å². The van der Waals surface area contributed by atoms with Crippen molar-refractivity contribution in [3.8, 4) is 22.5 Å². The molecule has 0 saturated carbocycles. The van der Waals surface area contributed by atoms with Crippen LogP contribution in [0.5, 0.6) is 0 Å². The van der Waals surface area contributed by atoms with Gasteiger partial charge in [0, 0.05) is 12.4 Å². The molecule has 0 amide bonds. The molecule has 0 unspecified atom stereocenters. The number of rotatable bonds is 2. The number of pyridine rings is 2. The third-order valence-corrected chi connectivity index (χ3v) is 10.3. The minimum atomic E-state index is -4.41. The van der Waals surface area contributed by atoms with Gasteiger partial charge in [0.15, 0.2) is 13.4 Å². The van der Waals surface area contributed by atoms with Crippen molar-refractivity contribution in [1.82, 2.24) is 9.97 Å². The molecule has 268 valence electrons. The molecule has 10 rings (SSSR count). The van der Waals surface area contributed by atoms with Gasteiger partial charge in [-0.2, -0.15) is 26.3 Å². The van der Waals surface area contributed by atoms with E-state index in [1.165, 1.54) is 12.1 Å². The molecule has 0 N–H and O–H groups in total. The molecule has 6 aromatic carbocycles. The fraction of sp³-hybridized carbons (Fsp3) is 0.0455. The summed E-state index contributed by atoms with van der Waals surface area (Å²) >= 11 is 0. The third kappa shape index (κ3) is 6.36. The van der Waals surface area contributed by atoms with Crippen molar-refractivity contribution in [1.29, 1.82) is 0 Å². The van der Waals surface area contributed by atoms with Crippen molar-refractivity contribution in [3.05, 3.63) is 169 Å². The van der Waals surface area contributed by atoms with Gasteiger partial charge in [-0.25, -0.2) is 0 Å². The van der Waals surface area contributed by atoms with E-state index in [0.717, 1.165) is 55.5 Å². The number of hydrogen-bond donors (Lipinski definition) is 0. The average Bonchev–Trinajstić information content (AvgIpc) is 3.69. The van der Waals surface area contributed by atoms with E-state index in [4.69, 9.17) is 0 Å². The Morgan fingerprint density at radius 2 is 0.818 bits per heavy atom. The zero-order valence-electron chi connectivity index (χ0n) is 28.5. The quantitative estimate of drug-likeness (QED) is 0.105. The molecule has 0 fully saturated rings. The largest absolute Gasteiger partial charge is 2.00 e. The predicted octanol–water partition coefficient (Wildman–Crippen LogP) is 7.10. The molecule has 2 nitrogen and oxygen atoms in total. The van der Waals surface area contributed by atoms with Gasteiger partial charge in [-0.15, -0.1) is 58.5 Å². The van der Waals surface area contributed by atoms with E-state index in [1.54, 1.807) is 12.4 Å². The Kier molecular flexibility index (Phi) is 9.29. The van der Waals surface area contributed by atoms with Gasteiger partial charge in [-0.1, -0.05) is 119 Å². The second-order valence-corrected chi connectivity index (χ2v) is 13.3.